The van der Waals surface area contributed by atoms with Gasteiger partial charge in [-0.15, -0.1) is 0 Å². The number of anilines is 1. The molecule has 0 aliphatic carbocycles. The Morgan fingerprint density at radius 3 is 2.67 bits per heavy atom. The van der Waals surface area contributed by atoms with Gasteiger partial charge in [0.05, 0.1) is 15.7 Å². The predicted molar refractivity (Wildman–Crippen MR) is 95.6 cm³/mol. The Kier molecular flexibility index (Phi) is 8.73. The molecular formula is C14H17Cl2N3O4S. The Labute approximate surface area is 153 Å². The van der Waals surface area contributed by atoms with Crippen molar-refractivity contribution in [3.63, 3.8) is 0 Å². The Hall–Kier alpha value is -1.64. The van der Waals surface area contributed by atoms with Crippen molar-refractivity contribution in [1.29, 1.82) is 0 Å². The average molecular weight is 394 g/mol. The number of carbonyl (C=O) groups is 3. The van der Waals surface area contributed by atoms with Crippen molar-refractivity contribution in [2.45, 2.75) is 12.5 Å². The maximum atomic E-state index is 11.9. The van der Waals surface area contributed by atoms with Gasteiger partial charge in [-0.2, -0.15) is 11.8 Å². The molecule has 0 bridgehead atoms. The zero-order valence-electron chi connectivity index (χ0n) is 12.8. The van der Waals surface area contributed by atoms with E-state index in [1.54, 1.807) is 18.2 Å². The van der Waals surface area contributed by atoms with E-state index < -0.39 is 30.6 Å². The summed E-state index contributed by atoms with van der Waals surface area (Å²) in [4.78, 5) is 34.7. The first-order valence-electron chi connectivity index (χ1n) is 6.80. The Morgan fingerprint density at radius 1 is 1.33 bits per heavy atom. The van der Waals surface area contributed by atoms with Gasteiger partial charge in [-0.25, -0.2) is 9.59 Å². The number of benzene rings is 1. The number of nitrogens with two attached hydrogens (primary N) is 1. The number of carbonyl (C=O) groups excluding carboxylic acids is 3. The van der Waals surface area contributed by atoms with E-state index in [1.165, 1.54) is 11.8 Å². The molecule has 10 heteroatoms. The van der Waals surface area contributed by atoms with E-state index in [1.807, 2.05) is 6.26 Å². The molecule has 0 aliphatic rings. The molecule has 24 heavy (non-hydrogen) atoms. The number of amides is 3. The third kappa shape index (κ3) is 6.86. The van der Waals surface area contributed by atoms with E-state index in [0.717, 1.165) is 0 Å². The first kappa shape index (κ1) is 20.4. The van der Waals surface area contributed by atoms with Crippen LogP contribution in [0, 0.1) is 0 Å². The Balaban J connectivity index is 2.56. The van der Waals surface area contributed by atoms with Crippen molar-refractivity contribution in [3.8, 4) is 0 Å². The van der Waals surface area contributed by atoms with Crippen LogP contribution >= 0.6 is 35.0 Å². The highest BCUT2D eigenvalue weighted by Gasteiger charge is 2.22. The van der Waals surface area contributed by atoms with Crippen molar-refractivity contribution < 1.29 is 19.1 Å². The van der Waals surface area contributed by atoms with Crippen LogP contribution < -0.4 is 16.4 Å². The predicted octanol–water partition coefficient (Wildman–Crippen LogP) is 2.27. The minimum atomic E-state index is -0.905. The molecule has 0 aliphatic heterocycles. The molecule has 0 saturated heterocycles. The van der Waals surface area contributed by atoms with Gasteiger partial charge in [0, 0.05) is 0 Å². The van der Waals surface area contributed by atoms with Crippen molar-refractivity contribution in [3.05, 3.63) is 28.2 Å². The molecule has 0 aromatic heterocycles. The number of nitrogens with one attached hydrogen (secondary N) is 2. The first-order chi connectivity index (χ1) is 11.3. The van der Waals surface area contributed by atoms with E-state index >= 15 is 0 Å². The highest BCUT2D eigenvalue weighted by Crippen LogP contribution is 2.29. The van der Waals surface area contributed by atoms with Crippen molar-refractivity contribution in [2.24, 2.45) is 5.73 Å². The highest BCUT2D eigenvalue weighted by molar-refractivity contribution is 7.98. The fourth-order valence-corrected chi connectivity index (χ4v) is 2.50. The van der Waals surface area contributed by atoms with E-state index in [9.17, 15) is 14.4 Å². The highest BCUT2D eigenvalue weighted by atomic mass is 35.5. The second-order valence-electron chi connectivity index (χ2n) is 4.60. The van der Waals surface area contributed by atoms with Gasteiger partial charge in [0.2, 0.25) is 0 Å². The minimum absolute atomic E-state index is 0.187. The first-order valence-corrected chi connectivity index (χ1v) is 8.95. The maximum Gasteiger partial charge on any atom is 0.329 e. The van der Waals surface area contributed by atoms with E-state index in [2.05, 4.69) is 10.6 Å². The summed E-state index contributed by atoms with van der Waals surface area (Å²) in [5, 5.41) is 5.24. The monoisotopic (exact) mass is 393 g/mol. The lowest BCUT2D eigenvalue weighted by Crippen LogP contribution is -2.45. The van der Waals surface area contributed by atoms with E-state index in [4.69, 9.17) is 33.7 Å². The Morgan fingerprint density at radius 2 is 2.04 bits per heavy atom. The molecule has 132 valence electrons. The summed E-state index contributed by atoms with van der Waals surface area (Å²) in [6.07, 6.45) is 2.19. The zero-order valence-corrected chi connectivity index (χ0v) is 15.1. The van der Waals surface area contributed by atoms with Crippen LogP contribution in [-0.4, -0.2) is 42.6 Å². The molecular weight excluding hydrogens is 377 g/mol. The smallest absolute Gasteiger partial charge is 0.329 e. The summed E-state index contributed by atoms with van der Waals surface area (Å²) < 4.78 is 4.90. The van der Waals surface area contributed by atoms with Crippen LogP contribution in [0.3, 0.4) is 0 Å². The number of rotatable bonds is 8. The summed E-state index contributed by atoms with van der Waals surface area (Å²) in [6.45, 7) is -0.530. The molecule has 0 spiro atoms. The SMILES string of the molecule is CSCC[C@H](NC(N)=O)C(=O)OCC(=O)Nc1cccc(Cl)c1Cl. The van der Waals surface area contributed by atoms with Crippen LogP contribution in [-0.2, 0) is 14.3 Å². The normalized spacial score (nSPS) is 11.5. The summed E-state index contributed by atoms with van der Waals surface area (Å²) in [6, 6.07) is 3.01. The molecule has 1 aromatic rings. The number of halogens is 2. The quantitative estimate of drug-likeness (QED) is 0.586. The fourth-order valence-electron chi connectivity index (χ4n) is 1.68. The number of primary amides is 1. The van der Waals surface area contributed by atoms with Gasteiger partial charge >= 0.3 is 12.0 Å². The number of thioether (sulfide) groups is 1. The molecule has 1 aromatic carbocycles. The lowest BCUT2D eigenvalue weighted by Gasteiger charge is -2.16. The van der Waals surface area contributed by atoms with Gasteiger partial charge in [0.25, 0.3) is 5.91 Å². The molecule has 0 fully saturated rings. The number of hydrogen-bond donors (Lipinski definition) is 3. The van der Waals surface area contributed by atoms with Crippen molar-refractivity contribution in [1.82, 2.24) is 5.32 Å². The summed E-state index contributed by atoms with van der Waals surface area (Å²) in [5.74, 6) is -0.713. The van der Waals surface area contributed by atoms with Crippen LogP contribution in [0.4, 0.5) is 10.5 Å². The lowest BCUT2D eigenvalue weighted by atomic mass is 10.2. The molecule has 0 saturated carbocycles. The van der Waals surface area contributed by atoms with Crippen LogP contribution in [0.2, 0.25) is 10.0 Å². The third-order valence-electron chi connectivity index (χ3n) is 2.78. The van der Waals surface area contributed by atoms with E-state index in [-0.39, 0.29) is 10.0 Å². The van der Waals surface area contributed by atoms with E-state index in [0.29, 0.717) is 17.9 Å². The van der Waals surface area contributed by atoms with Gasteiger partial charge in [0.15, 0.2) is 6.61 Å². The van der Waals surface area contributed by atoms with Gasteiger partial charge < -0.3 is 21.1 Å². The fraction of sp³-hybridized carbons (Fsp3) is 0.357. The second kappa shape index (κ2) is 10.3. The number of esters is 1. The van der Waals surface area contributed by atoms with Gasteiger partial charge in [-0.3, -0.25) is 4.79 Å². The van der Waals surface area contributed by atoms with Crippen molar-refractivity contribution in [2.75, 3.05) is 23.9 Å². The molecule has 3 amide bonds. The number of urea groups is 1. The largest absolute Gasteiger partial charge is 0.454 e. The number of ether oxygens (including phenoxy) is 1. The van der Waals surface area contributed by atoms with Gasteiger partial charge in [-0.05, 0) is 30.6 Å². The maximum absolute atomic E-state index is 11.9. The minimum Gasteiger partial charge on any atom is -0.454 e. The summed E-state index contributed by atoms with van der Waals surface area (Å²) in [5.41, 5.74) is 5.33. The molecule has 1 atom stereocenters. The summed E-state index contributed by atoms with van der Waals surface area (Å²) in [7, 11) is 0. The van der Waals surface area contributed by atoms with Crippen molar-refractivity contribution >= 4 is 58.6 Å². The molecule has 7 nitrogen and oxygen atoms in total. The molecule has 0 radical (unpaired) electrons. The molecule has 1 rings (SSSR count). The molecule has 0 heterocycles. The standard InChI is InChI=1S/C14H17Cl2N3O4S/c1-24-6-5-10(19-14(17)22)13(21)23-7-11(20)18-9-4-2-3-8(15)12(9)16/h2-4,10H,5-7H2,1H3,(H,18,20)(H3,17,19,22)/t10-/m0/s1. The van der Waals surface area contributed by atoms with Crippen LogP contribution in [0.15, 0.2) is 18.2 Å². The Bertz CT molecular complexity index is 616. The van der Waals surface area contributed by atoms with Gasteiger partial charge in [-0.1, -0.05) is 29.3 Å². The summed E-state index contributed by atoms with van der Waals surface area (Å²) >= 11 is 13.3. The van der Waals surface area contributed by atoms with Crippen LogP contribution in [0.25, 0.3) is 0 Å². The third-order valence-corrected chi connectivity index (χ3v) is 4.25. The molecule has 0 unspecified atom stereocenters. The van der Waals surface area contributed by atoms with Crippen LogP contribution in [0.1, 0.15) is 6.42 Å². The lowest BCUT2D eigenvalue weighted by molar-refractivity contribution is -0.149. The molecule has 4 N–H and O–H groups in total. The zero-order chi connectivity index (χ0) is 18.1. The van der Waals surface area contributed by atoms with Crippen LogP contribution in [0.5, 0.6) is 0 Å². The topological polar surface area (TPSA) is 111 Å². The average Bonchev–Trinajstić information content (AvgIpc) is 2.53. The van der Waals surface area contributed by atoms with Gasteiger partial charge in [0.1, 0.15) is 6.04 Å². The second-order valence-corrected chi connectivity index (χ2v) is 6.37. The number of hydrogen-bond acceptors (Lipinski definition) is 5.